The summed E-state index contributed by atoms with van der Waals surface area (Å²) in [5, 5.41) is 1.04. The zero-order chi connectivity index (χ0) is 35.6. The van der Waals surface area contributed by atoms with Crippen molar-refractivity contribution in [1.29, 1.82) is 0 Å². The van der Waals surface area contributed by atoms with Crippen LogP contribution < -0.4 is 0 Å². The number of hydrogen-bond donors (Lipinski definition) is 0. The molecule has 0 fully saturated rings. The van der Waals surface area contributed by atoms with Crippen LogP contribution in [-0.2, 0) is 0 Å². The molecular weight excluding hydrogens is 645 g/mol. The van der Waals surface area contributed by atoms with Gasteiger partial charge in [0.25, 0.3) is 0 Å². The smallest absolute Gasteiger partial charge is 0.137 e. The summed E-state index contributed by atoms with van der Waals surface area (Å²) < 4.78 is 2.13. The monoisotopic (exact) mass is 678 g/mol. The average Bonchev–Trinajstić information content (AvgIpc) is 3.63. The number of imidazole rings is 1. The molecule has 0 saturated carbocycles. The Morgan fingerprint density at radius 1 is 0.547 bits per heavy atom. The molecule has 0 N–H and O–H groups in total. The van der Waals surface area contributed by atoms with Crippen LogP contribution in [0.3, 0.4) is 0 Å². The van der Waals surface area contributed by atoms with Crippen LogP contribution >= 0.6 is 0 Å². The summed E-state index contributed by atoms with van der Waals surface area (Å²) in [4.78, 5) is 15.3. The summed E-state index contributed by atoms with van der Waals surface area (Å²) in [7, 11) is 0. The minimum Gasteiger partial charge on any atom is -0.298 e. The van der Waals surface area contributed by atoms with Crippen LogP contribution in [0.5, 0.6) is 0 Å². The minimum absolute atomic E-state index is 0.825. The number of pyridine rings is 2. The highest BCUT2D eigenvalue weighted by atomic mass is 15.0. The van der Waals surface area contributed by atoms with Crippen molar-refractivity contribution in [2.24, 2.45) is 4.99 Å². The Bertz CT molecular complexity index is 2830. The third-order valence-corrected chi connectivity index (χ3v) is 9.60. The van der Waals surface area contributed by atoms with E-state index in [1.165, 1.54) is 5.56 Å². The predicted molar refractivity (Wildman–Crippen MR) is 222 cm³/mol. The molecule has 9 aromatic rings. The number of para-hydroxylation sites is 1. The van der Waals surface area contributed by atoms with Crippen molar-refractivity contribution in [2.75, 3.05) is 0 Å². The molecule has 0 amide bonds. The van der Waals surface area contributed by atoms with Crippen molar-refractivity contribution in [2.45, 2.75) is 0 Å². The standard InChI is InChI=1S/C49H34N4/c1-34(39-18-12-19-40(31-39)36-14-4-2-5-15-36)30-45(42-21-13-20-41(32-42)37-16-6-3-7-17-37)50-33-35-25-27-38(28-26-35)47-49-48(43-22-8-9-23-44(43)51-47)52-46-24-10-11-29-53(46)49/h2-33H,1H2/b45-30-,50-33?. The van der Waals surface area contributed by atoms with E-state index in [1.54, 1.807) is 0 Å². The summed E-state index contributed by atoms with van der Waals surface area (Å²) in [6, 6.07) is 60.6. The topological polar surface area (TPSA) is 42.5 Å². The lowest BCUT2D eigenvalue weighted by Gasteiger charge is -2.10. The highest BCUT2D eigenvalue weighted by Gasteiger charge is 2.16. The molecule has 0 unspecified atom stereocenters. The fourth-order valence-electron chi connectivity index (χ4n) is 6.89. The number of aromatic nitrogens is 3. The molecule has 0 aliphatic carbocycles. The molecule has 4 heteroatoms. The number of hydrogen-bond acceptors (Lipinski definition) is 3. The molecule has 0 radical (unpaired) electrons. The quantitative estimate of drug-likeness (QED) is 0.119. The van der Waals surface area contributed by atoms with E-state index in [2.05, 4.69) is 157 Å². The minimum atomic E-state index is 0.825. The average molecular weight is 679 g/mol. The third kappa shape index (κ3) is 6.35. The van der Waals surface area contributed by atoms with E-state index >= 15 is 0 Å². The van der Waals surface area contributed by atoms with Crippen molar-refractivity contribution >= 4 is 45.1 Å². The SMILES string of the molecule is C=C(/C=C(\N=Cc1ccc(-c2nc3ccccc3c3nc4ccccn4c23)cc1)c1cccc(-c2ccccc2)c1)c1cccc(-c2ccccc2)c1. The van der Waals surface area contributed by atoms with Crippen LogP contribution in [0.25, 0.3) is 72.4 Å². The normalized spacial score (nSPS) is 11.9. The summed E-state index contributed by atoms with van der Waals surface area (Å²) in [5.74, 6) is 0. The van der Waals surface area contributed by atoms with Gasteiger partial charge in [0, 0.05) is 28.9 Å². The zero-order valence-electron chi connectivity index (χ0n) is 29.0. The largest absolute Gasteiger partial charge is 0.298 e. The fourth-order valence-corrected chi connectivity index (χ4v) is 6.89. The molecule has 250 valence electrons. The molecular formula is C49H34N4. The molecule has 9 rings (SSSR count). The number of allylic oxidation sites excluding steroid dienone is 2. The molecule has 0 spiro atoms. The van der Waals surface area contributed by atoms with Crippen LogP contribution in [-0.4, -0.2) is 20.6 Å². The van der Waals surface area contributed by atoms with Crippen molar-refractivity contribution < 1.29 is 0 Å². The molecule has 6 aromatic carbocycles. The summed E-state index contributed by atoms with van der Waals surface area (Å²) in [5.41, 5.74) is 15.0. The van der Waals surface area contributed by atoms with Gasteiger partial charge < -0.3 is 0 Å². The van der Waals surface area contributed by atoms with Gasteiger partial charge in [-0.3, -0.25) is 9.39 Å². The summed E-state index contributed by atoms with van der Waals surface area (Å²) in [6.07, 6.45) is 6.06. The Balaban J connectivity index is 1.09. The third-order valence-electron chi connectivity index (χ3n) is 9.60. The maximum atomic E-state index is 5.15. The molecule has 0 saturated heterocycles. The van der Waals surface area contributed by atoms with Gasteiger partial charge in [-0.05, 0) is 75.4 Å². The van der Waals surface area contributed by atoms with E-state index in [4.69, 9.17) is 15.0 Å². The molecule has 0 atom stereocenters. The van der Waals surface area contributed by atoms with Crippen molar-refractivity contribution in [3.8, 4) is 33.5 Å². The number of nitrogens with zero attached hydrogens (tertiary/aromatic N) is 4. The van der Waals surface area contributed by atoms with Gasteiger partial charge in [-0.2, -0.15) is 0 Å². The fraction of sp³-hybridized carbons (Fsp3) is 0. The van der Waals surface area contributed by atoms with Gasteiger partial charge in [0.15, 0.2) is 0 Å². The lowest BCUT2D eigenvalue weighted by atomic mass is 9.97. The molecule has 4 nitrogen and oxygen atoms in total. The van der Waals surface area contributed by atoms with Gasteiger partial charge in [-0.1, -0.05) is 152 Å². The van der Waals surface area contributed by atoms with E-state index in [1.807, 2.05) is 48.7 Å². The first-order valence-electron chi connectivity index (χ1n) is 17.7. The van der Waals surface area contributed by atoms with Gasteiger partial charge in [-0.15, -0.1) is 0 Å². The van der Waals surface area contributed by atoms with Gasteiger partial charge in [0.2, 0.25) is 0 Å². The lowest BCUT2D eigenvalue weighted by Crippen LogP contribution is -1.93. The molecule has 3 aromatic heterocycles. The molecule has 0 bridgehead atoms. The Labute approximate surface area is 308 Å². The molecule has 0 aliphatic heterocycles. The summed E-state index contributed by atoms with van der Waals surface area (Å²) in [6.45, 7) is 4.51. The first-order valence-corrected chi connectivity index (χ1v) is 17.7. The highest BCUT2D eigenvalue weighted by Crippen LogP contribution is 2.34. The van der Waals surface area contributed by atoms with Gasteiger partial charge in [-0.25, -0.2) is 9.97 Å². The Morgan fingerprint density at radius 2 is 1.17 bits per heavy atom. The van der Waals surface area contributed by atoms with Gasteiger partial charge >= 0.3 is 0 Å². The lowest BCUT2D eigenvalue weighted by molar-refractivity contribution is 1.22. The van der Waals surface area contributed by atoms with Crippen molar-refractivity contribution in [3.63, 3.8) is 0 Å². The highest BCUT2D eigenvalue weighted by molar-refractivity contribution is 6.09. The first-order chi connectivity index (χ1) is 26.2. The first kappa shape index (κ1) is 31.8. The van der Waals surface area contributed by atoms with Crippen LogP contribution in [0.1, 0.15) is 16.7 Å². The van der Waals surface area contributed by atoms with E-state index in [0.29, 0.717) is 0 Å². The molecule has 0 aliphatic rings. The maximum Gasteiger partial charge on any atom is 0.137 e. The molecule has 53 heavy (non-hydrogen) atoms. The van der Waals surface area contributed by atoms with Crippen molar-refractivity contribution in [3.05, 3.63) is 211 Å². The van der Waals surface area contributed by atoms with Gasteiger partial charge in [0.1, 0.15) is 11.2 Å². The molecule has 3 heterocycles. The number of benzene rings is 6. The Kier molecular flexibility index (Phi) is 8.31. The van der Waals surface area contributed by atoms with Crippen LogP contribution in [0.15, 0.2) is 200 Å². The van der Waals surface area contributed by atoms with E-state index < -0.39 is 0 Å². The Morgan fingerprint density at radius 3 is 1.91 bits per heavy atom. The zero-order valence-corrected chi connectivity index (χ0v) is 29.0. The van der Waals surface area contributed by atoms with Crippen molar-refractivity contribution in [1.82, 2.24) is 14.4 Å². The number of rotatable bonds is 8. The number of aliphatic imine (C=N–C) groups is 1. The van der Waals surface area contributed by atoms with Crippen LogP contribution in [0.4, 0.5) is 0 Å². The van der Waals surface area contributed by atoms with E-state index in [9.17, 15) is 0 Å². The maximum absolute atomic E-state index is 5.15. The van der Waals surface area contributed by atoms with E-state index in [-0.39, 0.29) is 0 Å². The van der Waals surface area contributed by atoms with Crippen LogP contribution in [0, 0.1) is 0 Å². The van der Waals surface area contributed by atoms with Gasteiger partial charge in [0.05, 0.1) is 22.4 Å². The predicted octanol–water partition coefficient (Wildman–Crippen LogP) is 12.2. The Hall–Kier alpha value is -7.17. The summed E-state index contributed by atoms with van der Waals surface area (Å²) >= 11 is 0. The van der Waals surface area contributed by atoms with Crippen LogP contribution in [0.2, 0.25) is 0 Å². The second kappa shape index (κ2) is 13.9. The second-order valence-corrected chi connectivity index (χ2v) is 13.0. The van der Waals surface area contributed by atoms with E-state index in [0.717, 1.165) is 83.5 Å². The number of fused-ring (bicyclic) bond motifs is 5. The second-order valence-electron chi connectivity index (χ2n) is 13.0.